The van der Waals surface area contributed by atoms with Gasteiger partial charge in [-0.1, -0.05) is 12.1 Å². The first-order valence-electron chi connectivity index (χ1n) is 6.39. The highest BCUT2D eigenvalue weighted by molar-refractivity contribution is 5.40. The fraction of sp³-hybridized carbons (Fsp3) is 0.571. The molecule has 0 saturated heterocycles. The van der Waals surface area contributed by atoms with Gasteiger partial charge in [-0.15, -0.1) is 0 Å². The number of rotatable bonds is 5. The van der Waals surface area contributed by atoms with E-state index in [1.54, 1.807) is 0 Å². The zero-order valence-electron chi connectivity index (χ0n) is 10.7. The highest BCUT2D eigenvalue weighted by Crippen LogP contribution is 2.29. The number of hydrogen-bond acceptors (Lipinski definition) is 3. The fourth-order valence-corrected chi connectivity index (χ4v) is 2.33. The summed E-state index contributed by atoms with van der Waals surface area (Å²) in [6, 6.07) is 7.18. The van der Waals surface area contributed by atoms with Gasteiger partial charge in [0.25, 0.3) is 0 Å². The molecule has 94 valence electrons. The number of hydrogen-bond donors (Lipinski definition) is 2. The Balaban J connectivity index is 2.08. The average molecular weight is 234 g/mol. The van der Waals surface area contributed by atoms with Gasteiger partial charge >= 0.3 is 0 Å². The second-order valence-corrected chi connectivity index (χ2v) is 4.86. The molecule has 1 aliphatic rings. The standard InChI is InChI=1S/C14H22N2O/c1-10(15)3-5-13(16-2)11-4-6-14-12(9-11)7-8-17-14/h4,6,9-10,13,16H,3,5,7-8,15H2,1-2H3. The van der Waals surface area contributed by atoms with Crippen molar-refractivity contribution in [1.29, 1.82) is 0 Å². The molecule has 3 nitrogen and oxygen atoms in total. The summed E-state index contributed by atoms with van der Waals surface area (Å²) in [5.74, 6) is 1.05. The van der Waals surface area contributed by atoms with Crippen molar-refractivity contribution in [2.75, 3.05) is 13.7 Å². The van der Waals surface area contributed by atoms with E-state index in [1.165, 1.54) is 11.1 Å². The Morgan fingerprint density at radius 3 is 2.94 bits per heavy atom. The summed E-state index contributed by atoms with van der Waals surface area (Å²) in [6.45, 7) is 2.88. The minimum Gasteiger partial charge on any atom is -0.493 e. The van der Waals surface area contributed by atoms with Gasteiger partial charge in [0.05, 0.1) is 6.61 Å². The van der Waals surface area contributed by atoms with Gasteiger partial charge < -0.3 is 15.8 Å². The lowest BCUT2D eigenvalue weighted by Gasteiger charge is -2.18. The molecule has 0 fully saturated rings. The van der Waals surface area contributed by atoms with Crippen molar-refractivity contribution in [3.8, 4) is 5.75 Å². The molecule has 0 radical (unpaired) electrons. The van der Waals surface area contributed by atoms with Crippen LogP contribution in [-0.4, -0.2) is 19.7 Å². The van der Waals surface area contributed by atoms with E-state index in [0.717, 1.165) is 31.6 Å². The van der Waals surface area contributed by atoms with Gasteiger partial charge in [0.15, 0.2) is 0 Å². The largest absolute Gasteiger partial charge is 0.493 e. The number of nitrogens with one attached hydrogen (secondary N) is 1. The Morgan fingerprint density at radius 2 is 2.24 bits per heavy atom. The first kappa shape index (κ1) is 12.4. The lowest BCUT2D eigenvalue weighted by atomic mass is 9.97. The third-order valence-corrected chi connectivity index (χ3v) is 3.38. The van der Waals surface area contributed by atoms with E-state index < -0.39 is 0 Å². The molecule has 17 heavy (non-hydrogen) atoms. The highest BCUT2D eigenvalue weighted by atomic mass is 16.5. The molecule has 0 aromatic heterocycles. The van der Waals surface area contributed by atoms with Crippen molar-refractivity contribution in [2.24, 2.45) is 5.73 Å². The molecule has 2 atom stereocenters. The molecule has 0 aliphatic carbocycles. The average Bonchev–Trinajstić information content (AvgIpc) is 2.76. The summed E-state index contributed by atoms with van der Waals surface area (Å²) in [7, 11) is 2.01. The topological polar surface area (TPSA) is 47.3 Å². The van der Waals surface area contributed by atoms with Gasteiger partial charge in [0.2, 0.25) is 0 Å². The van der Waals surface area contributed by atoms with E-state index in [9.17, 15) is 0 Å². The van der Waals surface area contributed by atoms with Crippen LogP contribution in [0.5, 0.6) is 5.75 Å². The second-order valence-electron chi connectivity index (χ2n) is 4.86. The minimum absolute atomic E-state index is 0.267. The van der Waals surface area contributed by atoms with Crippen molar-refractivity contribution in [2.45, 2.75) is 38.3 Å². The number of nitrogens with two attached hydrogens (primary N) is 1. The monoisotopic (exact) mass is 234 g/mol. The molecule has 0 saturated carbocycles. The highest BCUT2D eigenvalue weighted by Gasteiger charge is 2.16. The quantitative estimate of drug-likeness (QED) is 0.819. The molecule has 3 N–H and O–H groups in total. The Kier molecular flexibility index (Phi) is 4.02. The second kappa shape index (κ2) is 5.52. The van der Waals surface area contributed by atoms with Gasteiger partial charge in [0.1, 0.15) is 5.75 Å². The Morgan fingerprint density at radius 1 is 1.41 bits per heavy atom. The minimum atomic E-state index is 0.267. The molecule has 3 heteroatoms. The molecular formula is C14H22N2O. The van der Waals surface area contributed by atoms with E-state index in [-0.39, 0.29) is 6.04 Å². The number of fused-ring (bicyclic) bond motifs is 1. The smallest absolute Gasteiger partial charge is 0.122 e. The van der Waals surface area contributed by atoms with E-state index >= 15 is 0 Å². The maximum Gasteiger partial charge on any atom is 0.122 e. The molecule has 1 aromatic rings. The molecule has 0 bridgehead atoms. The van der Waals surface area contributed by atoms with Crippen LogP contribution in [-0.2, 0) is 6.42 Å². The summed E-state index contributed by atoms with van der Waals surface area (Å²) in [5, 5.41) is 3.37. The third-order valence-electron chi connectivity index (χ3n) is 3.38. The first-order valence-corrected chi connectivity index (χ1v) is 6.39. The molecule has 2 rings (SSSR count). The van der Waals surface area contributed by atoms with Crippen LogP contribution in [0.3, 0.4) is 0 Å². The van der Waals surface area contributed by atoms with Crippen molar-refractivity contribution < 1.29 is 4.74 Å². The van der Waals surface area contributed by atoms with E-state index in [1.807, 2.05) is 7.05 Å². The zero-order chi connectivity index (χ0) is 12.3. The molecule has 0 amide bonds. The van der Waals surface area contributed by atoms with Gasteiger partial charge in [-0.2, -0.15) is 0 Å². The zero-order valence-corrected chi connectivity index (χ0v) is 10.7. The van der Waals surface area contributed by atoms with Crippen molar-refractivity contribution >= 4 is 0 Å². The molecule has 1 aromatic carbocycles. The third kappa shape index (κ3) is 2.99. The predicted molar refractivity (Wildman–Crippen MR) is 70.3 cm³/mol. The molecule has 0 spiro atoms. The molecule has 2 unspecified atom stereocenters. The summed E-state index contributed by atoms with van der Waals surface area (Å²) in [6.07, 6.45) is 3.15. The van der Waals surface area contributed by atoms with Crippen LogP contribution < -0.4 is 15.8 Å². The summed E-state index contributed by atoms with van der Waals surface area (Å²) in [5.41, 5.74) is 8.50. The van der Waals surface area contributed by atoms with Gasteiger partial charge in [0, 0.05) is 18.5 Å². The lowest BCUT2D eigenvalue weighted by Crippen LogP contribution is -2.21. The van der Waals surface area contributed by atoms with Crippen molar-refractivity contribution in [3.63, 3.8) is 0 Å². The van der Waals surface area contributed by atoms with Crippen LogP contribution in [0, 0.1) is 0 Å². The Hall–Kier alpha value is -1.06. The van der Waals surface area contributed by atoms with Crippen LogP contribution in [0.25, 0.3) is 0 Å². The number of ether oxygens (including phenoxy) is 1. The normalized spacial score (nSPS) is 17.4. The van der Waals surface area contributed by atoms with Crippen LogP contribution in [0.2, 0.25) is 0 Å². The summed E-state index contributed by atoms with van der Waals surface area (Å²) < 4.78 is 5.52. The van der Waals surface area contributed by atoms with E-state index in [0.29, 0.717) is 6.04 Å². The Bertz CT molecular complexity index is 376. The van der Waals surface area contributed by atoms with Gasteiger partial charge in [-0.3, -0.25) is 0 Å². The maximum absolute atomic E-state index is 5.82. The summed E-state index contributed by atoms with van der Waals surface area (Å²) in [4.78, 5) is 0. The van der Waals surface area contributed by atoms with Gasteiger partial charge in [-0.25, -0.2) is 0 Å². The predicted octanol–water partition coefficient (Wildman–Crippen LogP) is 2.01. The van der Waals surface area contributed by atoms with Crippen LogP contribution in [0.1, 0.15) is 36.9 Å². The number of benzene rings is 1. The van der Waals surface area contributed by atoms with Crippen molar-refractivity contribution in [1.82, 2.24) is 5.32 Å². The molecule has 1 aliphatic heterocycles. The molecular weight excluding hydrogens is 212 g/mol. The van der Waals surface area contributed by atoms with Crippen LogP contribution in [0.15, 0.2) is 18.2 Å². The fourth-order valence-electron chi connectivity index (χ4n) is 2.33. The summed E-state index contributed by atoms with van der Waals surface area (Å²) >= 11 is 0. The van der Waals surface area contributed by atoms with Crippen LogP contribution >= 0.6 is 0 Å². The van der Waals surface area contributed by atoms with E-state index in [2.05, 4.69) is 30.4 Å². The maximum atomic E-state index is 5.82. The first-order chi connectivity index (χ1) is 8.20. The molecule has 1 heterocycles. The van der Waals surface area contributed by atoms with E-state index in [4.69, 9.17) is 10.5 Å². The van der Waals surface area contributed by atoms with Crippen molar-refractivity contribution in [3.05, 3.63) is 29.3 Å². The SMILES string of the molecule is CNC(CCC(C)N)c1ccc2c(c1)CCO2. The lowest BCUT2D eigenvalue weighted by molar-refractivity contribution is 0.356. The van der Waals surface area contributed by atoms with Crippen LogP contribution in [0.4, 0.5) is 0 Å². The Labute approximate surface area is 103 Å². The van der Waals surface area contributed by atoms with Gasteiger partial charge in [-0.05, 0) is 44.0 Å².